The lowest BCUT2D eigenvalue weighted by Crippen LogP contribution is -2.43. The second-order valence-electron chi connectivity index (χ2n) is 4.54. The number of ether oxygens (including phenoxy) is 1. The van der Waals surface area contributed by atoms with Crippen LogP contribution in [0.25, 0.3) is 0 Å². The fourth-order valence-corrected chi connectivity index (χ4v) is 2.39. The zero-order valence-corrected chi connectivity index (χ0v) is 12.9. The van der Waals surface area contributed by atoms with E-state index in [1.165, 1.54) is 28.7 Å². The molecule has 1 aromatic heterocycles. The van der Waals surface area contributed by atoms with Crippen LogP contribution in [0.15, 0.2) is 5.38 Å². The number of carbonyl (C=O) groups is 2. The van der Waals surface area contributed by atoms with E-state index < -0.39 is 18.1 Å². The maximum absolute atomic E-state index is 11.9. The first kappa shape index (κ1) is 17.3. The van der Waals surface area contributed by atoms with Crippen LogP contribution >= 0.6 is 11.3 Å². The largest absolute Gasteiger partial charge is 0.476 e. The summed E-state index contributed by atoms with van der Waals surface area (Å²) in [5.41, 5.74) is -0.0417. The van der Waals surface area contributed by atoms with Crippen molar-refractivity contribution in [1.82, 2.24) is 15.2 Å². The van der Waals surface area contributed by atoms with Gasteiger partial charge in [-0.2, -0.15) is 0 Å². The van der Waals surface area contributed by atoms with Gasteiger partial charge in [0.25, 0.3) is 0 Å². The molecular formula is C12H19N3O5S. The molecular weight excluding hydrogens is 298 g/mol. The monoisotopic (exact) mass is 317 g/mol. The molecule has 0 bridgehead atoms. The Morgan fingerprint density at radius 1 is 1.57 bits per heavy atom. The number of methoxy groups -OCH3 is 1. The van der Waals surface area contributed by atoms with E-state index in [2.05, 4.69) is 10.3 Å². The highest BCUT2D eigenvalue weighted by Gasteiger charge is 2.19. The number of aliphatic hydroxyl groups is 1. The van der Waals surface area contributed by atoms with E-state index in [0.717, 1.165) is 0 Å². The number of nitrogens with one attached hydrogen (secondary N) is 1. The number of nitrogens with zero attached hydrogens (tertiary/aromatic N) is 2. The van der Waals surface area contributed by atoms with Gasteiger partial charge in [-0.25, -0.2) is 14.6 Å². The first-order chi connectivity index (χ1) is 9.85. The molecule has 2 unspecified atom stereocenters. The average Bonchev–Trinajstić information content (AvgIpc) is 2.88. The van der Waals surface area contributed by atoms with Gasteiger partial charge in [0.05, 0.1) is 25.3 Å². The number of carbonyl (C=O) groups excluding carboxylic acids is 1. The minimum atomic E-state index is -1.10. The molecule has 21 heavy (non-hydrogen) atoms. The predicted molar refractivity (Wildman–Crippen MR) is 76.5 cm³/mol. The fraction of sp³-hybridized carbons (Fsp3) is 0.583. The van der Waals surface area contributed by atoms with Crippen molar-refractivity contribution in [3.8, 4) is 0 Å². The molecule has 0 aliphatic rings. The van der Waals surface area contributed by atoms with Crippen LogP contribution in [0.4, 0.5) is 4.79 Å². The van der Waals surface area contributed by atoms with E-state index in [1.54, 1.807) is 14.0 Å². The minimum Gasteiger partial charge on any atom is -0.476 e. The number of aromatic carboxylic acids is 1. The Bertz CT molecular complexity index is 493. The molecule has 0 spiro atoms. The summed E-state index contributed by atoms with van der Waals surface area (Å²) in [4.78, 5) is 27.9. The molecule has 0 saturated heterocycles. The van der Waals surface area contributed by atoms with Crippen molar-refractivity contribution in [2.45, 2.75) is 19.1 Å². The summed E-state index contributed by atoms with van der Waals surface area (Å²) < 4.78 is 4.79. The maximum Gasteiger partial charge on any atom is 0.355 e. The lowest BCUT2D eigenvalue weighted by atomic mass is 10.3. The molecule has 0 aromatic carbocycles. The molecule has 0 aliphatic carbocycles. The number of likely N-dealkylation sites (N-methyl/N-ethyl adjacent to an activating group) is 1. The van der Waals surface area contributed by atoms with Gasteiger partial charge < -0.3 is 25.2 Å². The third-order valence-electron chi connectivity index (χ3n) is 2.64. The standard InChI is InChI=1S/C12H19N3O5S/c1-7(10-14-9(6-21-10)11(17)18)13-12(19)15(2)4-8(16)5-20-3/h6-8,16H,4-5H2,1-3H3,(H,13,19)(H,17,18). The highest BCUT2D eigenvalue weighted by molar-refractivity contribution is 7.09. The molecule has 9 heteroatoms. The molecule has 8 nitrogen and oxygen atoms in total. The van der Waals surface area contributed by atoms with Crippen LogP contribution in [0.5, 0.6) is 0 Å². The first-order valence-electron chi connectivity index (χ1n) is 6.22. The van der Waals surface area contributed by atoms with E-state index in [4.69, 9.17) is 9.84 Å². The van der Waals surface area contributed by atoms with Gasteiger partial charge in [-0.05, 0) is 6.92 Å². The number of carboxylic acids is 1. The van der Waals surface area contributed by atoms with Crippen LogP contribution in [0.3, 0.4) is 0 Å². The molecule has 0 fully saturated rings. The van der Waals surface area contributed by atoms with Gasteiger partial charge in [0.1, 0.15) is 5.01 Å². The summed E-state index contributed by atoms with van der Waals surface area (Å²) in [6, 6.07) is -0.803. The van der Waals surface area contributed by atoms with E-state index in [9.17, 15) is 14.7 Å². The van der Waals surface area contributed by atoms with Crippen molar-refractivity contribution in [1.29, 1.82) is 0 Å². The summed E-state index contributed by atoms with van der Waals surface area (Å²) in [5, 5.41) is 23.0. The van der Waals surface area contributed by atoms with Crippen molar-refractivity contribution in [2.75, 3.05) is 27.3 Å². The van der Waals surface area contributed by atoms with Crippen LogP contribution in [0, 0.1) is 0 Å². The number of urea groups is 1. The molecule has 0 aliphatic heterocycles. The van der Waals surface area contributed by atoms with Crippen LogP contribution in [-0.2, 0) is 4.74 Å². The topological polar surface area (TPSA) is 112 Å². The van der Waals surface area contributed by atoms with Gasteiger partial charge in [0.15, 0.2) is 5.69 Å². The molecule has 3 N–H and O–H groups in total. The number of thiazole rings is 1. The van der Waals surface area contributed by atoms with Crippen molar-refractivity contribution in [3.63, 3.8) is 0 Å². The Hall–Kier alpha value is -1.71. The number of rotatable bonds is 7. The highest BCUT2D eigenvalue weighted by atomic mass is 32.1. The Balaban J connectivity index is 2.54. The van der Waals surface area contributed by atoms with Crippen LogP contribution < -0.4 is 5.32 Å². The van der Waals surface area contributed by atoms with Crippen molar-refractivity contribution < 1.29 is 24.5 Å². The van der Waals surface area contributed by atoms with Gasteiger partial charge in [-0.1, -0.05) is 0 Å². The third kappa shape index (κ3) is 5.29. The molecule has 2 atom stereocenters. The fourth-order valence-electron chi connectivity index (χ4n) is 1.59. The Morgan fingerprint density at radius 3 is 2.76 bits per heavy atom. The van der Waals surface area contributed by atoms with Gasteiger partial charge in [-0.3, -0.25) is 0 Å². The number of carboxylic acid groups (broad SMARTS) is 1. The number of aromatic nitrogens is 1. The second-order valence-corrected chi connectivity index (χ2v) is 5.43. The van der Waals surface area contributed by atoms with Crippen molar-refractivity contribution in [2.24, 2.45) is 0 Å². The SMILES string of the molecule is COCC(O)CN(C)C(=O)NC(C)c1nc(C(=O)O)cs1. The predicted octanol–water partition coefficient (Wildman–Crippen LogP) is 0.551. The van der Waals surface area contributed by atoms with Crippen LogP contribution in [0.1, 0.15) is 28.5 Å². The minimum absolute atomic E-state index is 0.0417. The number of hydrogen-bond acceptors (Lipinski definition) is 6. The quantitative estimate of drug-likeness (QED) is 0.677. The van der Waals surface area contributed by atoms with E-state index in [-0.39, 0.29) is 24.9 Å². The Kier molecular flexibility index (Phi) is 6.53. The van der Waals surface area contributed by atoms with E-state index in [1.807, 2.05) is 0 Å². The van der Waals surface area contributed by atoms with Crippen molar-refractivity contribution >= 4 is 23.3 Å². The zero-order valence-electron chi connectivity index (χ0n) is 12.1. The van der Waals surface area contributed by atoms with Crippen LogP contribution in [0.2, 0.25) is 0 Å². The molecule has 118 valence electrons. The van der Waals surface area contributed by atoms with Gasteiger partial charge in [0.2, 0.25) is 0 Å². The Morgan fingerprint density at radius 2 is 2.24 bits per heavy atom. The van der Waals surface area contributed by atoms with Gasteiger partial charge >= 0.3 is 12.0 Å². The third-order valence-corrected chi connectivity index (χ3v) is 3.67. The molecule has 1 heterocycles. The van der Waals surface area contributed by atoms with Gasteiger partial charge in [-0.15, -0.1) is 11.3 Å². The lowest BCUT2D eigenvalue weighted by Gasteiger charge is -2.22. The number of hydrogen-bond donors (Lipinski definition) is 3. The van der Waals surface area contributed by atoms with Crippen LogP contribution in [-0.4, -0.2) is 65.5 Å². The molecule has 2 amide bonds. The van der Waals surface area contributed by atoms with Crippen molar-refractivity contribution in [3.05, 3.63) is 16.1 Å². The number of aliphatic hydroxyl groups excluding tert-OH is 1. The first-order valence-corrected chi connectivity index (χ1v) is 7.10. The average molecular weight is 317 g/mol. The number of amides is 2. The summed E-state index contributed by atoms with van der Waals surface area (Å²) in [7, 11) is 3.01. The van der Waals surface area contributed by atoms with E-state index >= 15 is 0 Å². The summed E-state index contributed by atoms with van der Waals surface area (Å²) >= 11 is 1.17. The smallest absolute Gasteiger partial charge is 0.355 e. The summed E-state index contributed by atoms with van der Waals surface area (Å²) in [5.74, 6) is -1.10. The molecule has 1 rings (SSSR count). The van der Waals surface area contributed by atoms with Gasteiger partial charge in [0, 0.05) is 19.5 Å². The lowest BCUT2D eigenvalue weighted by molar-refractivity contribution is 0.0488. The Labute approximate surface area is 126 Å². The summed E-state index contributed by atoms with van der Waals surface area (Å²) in [6.45, 7) is 1.98. The molecule has 1 aromatic rings. The zero-order chi connectivity index (χ0) is 16.0. The normalized spacial score (nSPS) is 13.5. The molecule has 0 radical (unpaired) electrons. The molecule has 0 saturated carbocycles. The highest BCUT2D eigenvalue weighted by Crippen LogP contribution is 2.18. The maximum atomic E-state index is 11.9. The summed E-state index contributed by atoms with van der Waals surface area (Å²) in [6.07, 6.45) is -0.764. The van der Waals surface area contributed by atoms with E-state index in [0.29, 0.717) is 5.01 Å². The second kappa shape index (κ2) is 7.91.